The van der Waals surface area contributed by atoms with Gasteiger partial charge in [0, 0.05) is 18.2 Å². The number of hydrogen-bond donors (Lipinski definition) is 0. The first-order chi connectivity index (χ1) is 11.2. The van der Waals surface area contributed by atoms with Crippen LogP contribution in [0.1, 0.15) is 26.2 Å². The van der Waals surface area contributed by atoms with Gasteiger partial charge in [-0.05, 0) is 37.6 Å². The first kappa shape index (κ1) is 16.0. The van der Waals surface area contributed by atoms with E-state index >= 15 is 0 Å². The third kappa shape index (κ3) is 3.71. The molecule has 2 aromatic rings. The molecule has 6 heteroatoms. The van der Waals surface area contributed by atoms with Crippen molar-refractivity contribution in [2.45, 2.75) is 39.0 Å². The fourth-order valence-electron chi connectivity index (χ4n) is 2.83. The van der Waals surface area contributed by atoms with Crippen molar-refractivity contribution in [3.8, 4) is 17.1 Å². The molecule has 0 saturated carbocycles. The first-order valence-electron chi connectivity index (χ1n) is 8.02. The second-order valence-corrected chi connectivity index (χ2v) is 5.88. The van der Waals surface area contributed by atoms with Crippen LogP contribution in [0.25, 0.3) is 11.4 Å². The molecule has 0 spiro atoms. The molecule has 2 heterocycles. The Morgan fingerprint density at radius 2 is 2.09 bits per heavy atom. The summed E-state index contributed by atoms with van der Waals surface area (Å²) >= 11 is 0. The lowest BCUT2D eigenvalue weighted by molar-refractivity contribution is -0.0620. The van der Waals surface area contributed by atoms with Crippen molar-refractivity contribution in [1.82, 2.24) is 15.0 Å². The van der Waals surface area contributed by atoms with Gasteiger partial charge in [-0.2, -0.15) is 4.98 Å². The fraction of sp³-hybridized carbons (Fsp3) is 0.529. The van der Waals surface area contributed by atoms with Crippen LogP contribution in [-0.2, 0) is 11.3 Å². The highest BCUT2D eigenvalue weighted by molar-refractivity contribution is 5.55. The Kier molecular flexibility index (Phi) is 4.93. The molecule has 0 bridgehead atoms. The maximum atomic E-state index is 5.73. The van der Waals surface area contributed by atoms with Crippen LogP contribution in [0.2, 0.25) is 0 Å². The summed E-state index contributed by atoms with van der Waals surface area (Å²) in [5, 5.41) is 4.09. The zero-order valence-electron chi connectivity index (χ0n) is 13.9. The van der Waals surface area contributed by atoms with Gasteiger partial charge in [0.05, 0.1) is 26.4 Å². The Morgan fingerprint density at radius 3 is 2.78 bits per heavy atom. The van der Waals surface area contributed by atoms with Crippen LogP contribution in [0.5, 0.6) is 5.75 Å². The molecule has 1 aliphatic heterocycles. The SMILES string of the molecule is CC[C@@H]1CO[C@@H](C)CN1Cc1nc(-c2ccc(OC)cc2)no1. The maximum absolute atomic E-state index is 5.73. The normalized spacial score (nSPS) is 22.2. The molecule has 3 rings (SSSR count). The van der Waals surface area contributed by atoms with E-state index in [4.69, 9.17) is 14.0 Å². The highest BCUT2D eigenvalue weighted by Gasteiger charge is 2.27. The molecule has 0 aliphatic carbocycles. The van der Waals surface area contributed by atoms with E-state index in [-0.39, 0.29) is 6.10 Å². The third-order valence-corrected chi connectivity index (χ3v) is 4.21. The zero-order chi connectivity index (χ0) is 16.2. The van der Waals surface area contributed by atoms with Crippen molar-refractivity contribution in [3.63, 3.8) is 0 Å². The summed E-state index contributed by atoms with van der Waals surface area (Å²) in [7, 11) is 1.65. The number of rotatable bonds is 5. The Labute approximate surface area is 136 Å². The largest absolute Gasteiger partial charge is 0.497 e. The van der Waals surface area contributed by atoms with Crippen molar-refractivity contribution < 1.29 is 14.0 Å². The smallest absolute Gasteiger partial charge is 0.241 e. The average Bonchev–Trinajstić information content (AvgIpc) is 3.04. The monoisotopic (exact) mass is 317 g/mol. The van der Waals surface area contributed by atoms with Crippen molar-refractivity contribution in [2.24, 2.45) is 0 Å². The molecule has 1 aliphatic rings. The minimum absolute atomic E-state index is 0.238. The number of ether oxygens (including phenoxy) is 2. The molecular weight excluding hydrogens is 294 g/mol. The van der Waals surface area contributed by atoms with Gasteiger partial charge in [-0.25, -0.2) is 0 Å². The number of aromatic nitrogens is 2. The molecule has 0 N–H and O–H groups in total. The van der Waals surface area contributed by atoms with Crippen molar-refractivity contribution in [1.29, 1.82) is 0 Å². The van der Waals surface area contributed by atoms with Gasteiger partial charge >= 0.3 is 0 Å². The molecule has 2 atom stereocenters. The van der Waals surface area contributed by atoms with Gasteiger partial charge in [-0.1, -0.05) is 12.1 Å². The van der Waals surface area contributed by atoms with E-state index in [1.807, 2.05) is 24.3 Å². The molecule has 0 radical (unpaired) electrons. The van der Waals surface area contributed by atoms with Crippen LogP contribution >= 0.6 is 0 Å². The summed E-state index contributed by atoms with van der Waals surface area (Å²) in [4.78, 5) is 6.88. The molecule has 1 fully saturated rings. The molecule has 1 aromatic carbocycles. The zero-order valence-corrected chi connectivity index (χ0v) is 13.9. The first-order valence-corrected chi connectivity index (χ1v) is 8.02. The minimum Gasteiger partial charge on any atom is -0.497 e. The number of methoxy groups -OCH3 is 1. The summed E-state index contributed by atoms with van der Waals surface area (Å²) < 4.78 is 16.3. The highest BCUT2D eigenvalue weighted by atomic mass is 16.5. The average molecular weight is 317 g/mol. The van der Waals surface area contributed by atoms with Gasteiger partial charge in [-0.3, -0.25) is 4.90 Å². The third-order valence-electron chi connectivity index (χ3n) is 4.21. The number of hydrogen-bond acceptors (Lipinski definition) is 6. The highest BCUT2D eigenvalue weighted by Crippen LogP contribution is 2.21. The lowest BCUT2D eigenvalue weighted by Crippen LogP contribution is -2.47. The lowest BCUT2D eigenvalue weighted by atomic mass is 10.1. The maximum Gasteiger partial charge on any atom is 0.241 e. The van der Waals surface area contributed by atoms with E-state index in [1.54, 1.807) is 7.11 Å². The Balaban J connectivity index is 1.70. The lowest BCUT2D eigenvalue weighted by Gasteiger charge is -2.37. The standard InChI is InChI=1S/C17H23N3O3/c1-4-14-11-22-12(2)9-20(14)10-16-18-17(19-23-16)13-5-7-15(21-3)8-6-13/h5-8,12,14H,4,9-11H2,1-3H3/t12-,14+/m0/s1. The van der Waals surface area contributed by atoms with Crippen LogP contribution in [-0.4, -0.2) is 47.4 Å². The number of nitrogens with zero attached hydrogens (tertiary/aromatic N) is 3. The number of benzene rings is 1. The second-order valence-electron chi connectivity index (χ2n) is 5.88. The predicted octanol–water partition coefficient (Wildman–Crippen LogP) is 2.74. The molecule has 23 heavy (non-hydrogen) atoms. The molecule has 124 valence electrons. The number of morpholine rings is 1. The molecule has 1 aromatic heterocycles. The van der Waals surface area contributed by atoms with E-state index in [1.165, 1.54) is 0 Å². The fourth-order valence-corrected chi connectivity index (χ4v) is 2.83. The van der Waals surface area contributed by atoms with Crippen molar-refractivity contribution >= 4 is 0 Å². The Morgan fingerprint density at radius 1 is 1.30 bits per heavy atom. The van der Waals surface area contributed by atoms with Gasteiger partial charge in [-0.15, -0.1) is 0 Å². The van der Waals surface area contributed by atoms with E-state index in [0.29, 0.717) is 24.3 Å². The summed E-state index contributed by atoms with van der Waals surface area (Å²) in [5.74, 6) is 2.06. The van der Waals surface area contributed by atoms with Crippen LogP contribution in [0.4, 0.5) is 0 Å². The van der Waals surface area contributed by atoms with Crippen molar-refractivity contribution in [2.75, 3.05) is 20.3 Å². The molecule has 0 amide bonds. The van der Waals surface area contributed by atoms with Crippen molar-refractivity contribution in [3.05, 3.63) is 30.2 Å². The van der Waals surface area contributed by atoms with Crippen LogP contribution < -0.4 is 4.74 Å². The van der Waals surface area contributed by atoms with E-state index in [2.05, 4.69) is 28.9 Å². The molecule has 6 nitrogen and oxygen atoms in total. The van der Waals surface area contributed by atoms with Crippen LogP contribution in [0, 0.1) is 0 Å². The summed E-state index contributed by atoms with van der Waals surface area (Å²) in [6.45, 7) is 6.58. The second kappa shape index (κ2) is 7.10. The topological polar surface area (TPSA) is 60.6 Å². The van der Waals surface area contributed by atoms with Gasteiger partial charge in [0.1, 0.15) is 5.75 Å². The predicted molar refractivity (Wildman–Crippen MR) is 86.2 cm³/mol. The van der Waals surface area contributed by atoms with Gasteiger partial charge in [0.2, 0.25) is 11.7 Å². The van der Waals surface area contributed by atoms with E-state index in [0.717, 1.165) is 30.9 Å². The molecular formula is C17H23N3O3. The van der Waals surface area contributed by atoms with Gasteiger partial charge in [0.25, 0.3) is 0 Å². The Bertz CT molecular complexity index is 626. The summed E-state index contributed by atoms with van der Waals surface area (Å²) in [6, 6.07) is 8.05. The van der Waals surface area contributed by atoms with E-state index in [9.17, 15) is 0 Å². The molecule has 1 saturated heterocycles. The van der Waals surface area contributed by atoms with Gasteiger partial charge < -0.3 is 14.0 Å². The van der Waals surface area contributed by atoms with E-state index < -0.39 is 0 Å². The van der Waals surface area contributed by atoms with Crippen LogP contribution in [0.15, 0.2) is 28.8 Å². The van der Waals surface area contributed by atoms with Gasteiger partial charge in [0.15, 0.2) is 0 Å². The Hall–Kier alpha value is -1.92. The quantitative estimate of drug-likeness (QED) is 0.845. The summed E-state index contributed by atoms with van der Waals surface area (Å²) in [5.41, 5.74) is 0.920. The van der Waals surface area contributed by atoms with Crippen LogP contribution in [0.3, 0.4) is 0 Å². The minimum atomic E-state index is 0.238. The molecule has 0 unspecified atom stereocenters. The summed E-state index contributed by atoms with van der Waals surface area (Å²) in [6.07, 6.45) is 1.29.